The maximum atomic E-state index is 5.88. The molecule has 0 spiro atoms. The number of benzene rings is 1. The molecule has 0 saturated heterocycles. The van der Waals surface area contributed by atoms with Gasteiger partial charge >= 0.3 is 0 Å². The number of fused-ring (bicyclic) bond motifs is 1. The molecule has 2 rings (SSSR count). The number of hydrogen-bond donors (Lipinski definition) is 2. The van der Waals surface area contributed by atoms with Crippen LogP contribution in [0.15, 0.2) is 12.1 Å². The van der Waals surface area contributed by atoms with Crippen LogP contribution in [0.1, 0.15) is 37.4 Å². The van der Waals surface area contributed by atoms with Crippen LogP contribution in [0.25, 0.3) is 0 Å². The molecule has 0 saturated carbocycles. The van der Waals surface area contributed by atoms with Gasteiger partial charge in [0, 0.05) is 30.1 Å². The van der Waals surface area contributed by atoms with Gasteiger partial charge in [-0.05, 0) is 32.0 Å². The van der Waals surface area contributed by atoms with E-state index in [2.05, 4.69) is 31.3 Å². The average Bonchev–Trinajstić information content (AvgIpc) is 2.77. The van der Waals surface area contributed by atoms with Crippen LogP contribution >= 0.6 is 0 Å². The molecule has 3 N–H and O–H groups in total. The largest absolute Gasteiger partial charge is 0.496 e. The number of hydrogen-bond acceptors (Lipinski definition) is 4. The monoisotopic (exact) mass is 264 g/mol. The molecule has 106 valence electrons. The van der Waals surface area contributed by atoms with Crippen LogP contribution in [0.5, 0.6) is 11.5 Å². The van der Waals surface area contributed by atoms with Crippen LogP contribution in [-0.4, -0.2) is 26.3 Å². The van der Waals surface area contributed by atoms with Crippen molar-refractivity contribution in [3.05, 3.63) is 23.3 Å². The van der Waals surface area contributed by atoms with E-state index in [1.807, 2.05) is 0 Å². The quantitative estimate of drug-likeness (QED) is 0.825. The minimum absolute atomic E-state index is 0.111. The molecule has 1 heterocycles. The van der Waals surface area contributed by atoms with E-state index in [1.165, 1.54) is 5.56 Å². The summed E-state index contributed by atoms with van der Waals surface area (Å²) in [7, 11) is 1.71. The van der Waals surface area contributed by atoms with Gasteiger partial charge in [0.05, 0.1) is 7.11 Å². The minimum Gasteiger partial charge on any atom is -0.496 e. The van der Waals surface area contributed by atoms with Crippen LogP contribution in [0, 0.1) is 0 Å². The third-order valence-corrected chi connectivity index (χ3v) is 3.50. The Morgan fingerprint density at radius 2 is 2.32 bits per heavy atom. The van der Waals surface area contributed by atoms with E-state index in [4.69, 9.17) is 15.2 Å². The Kier molecular flexibility index (Phi) is 4.66. The predicted molar refractivity (Wildman–Crippen MR) is 76.9 cm³/mol. The molecule has 2 atom stereocenters. The van der Waals surface area contributed by atoms with Crippen molar-refractivity contribution in [2.45, 2.75) is 38.8 Å². The maximum Gasteiger partial charge on any atom is 0.124 e. The van der Waals surface area contributed by atoms with Crippen molar-refractivity contribution in [2.75, 3.05) is 20.2 Å². The summed E-state index contributed by atoms with van der Waals surface area (Å²) in [5, 5.41) is 3.45. The van der Waals surface area contributed by atoms with Gasteiger partial charge in [-0.15, -0.1) is 0 Å². The van der Waals surface area contributed by atoms with Gasteiger partial charge < -0.3 is 20.5 Å². The predicted octanol–water partition coefficient (Wildman–Crippen LogP) is 2.02. The normalized spacial score (nSPS) is 18.8. The Morgan fingerprint density at radius 1 is 1.53 bits per heavy atom. The Bertz CT molecular complexity index is 434. The second kappa shape index (κ2) is 6.26. The molecule has 0 radical (unpaired) electrons. The van der Waals surface area contributed by atoms with E-state index in [0.717, 1.165) is 36.4 Å². The fourth-order valence-electron chi connectivity index (χ4n) is 2.54. The van der Waals surface area contributed by atoms with Gasteiger partial charge in [0.2, 0.25) is 0 Å². The molecule has 4 heteroatoms. The number of methoxy groups -OCH3 is 1. The van der Waals surface area contributed by atoms with Crippen LogP contribution in [-0.2, 0) is 6.42 Å². The Balaban J connectivity index is 2.30. The molecular formula is C15H24N2O2. The second-order valence-electron chi connectivity index (χ2n) is 5.08. The van der Waals surface area contributed by atoms with E-state index in [0.29, 0.717) is 6.54 Å². The van der Waals surface area contributed by atoms with Crippen molar-refractivity contribution in [3.8, 4) is 11.5 Å². The van der Waals surface area contributed by atoms with E-state index in [1.54, 1.807) is 7.11 Å². The summed E-state index contributed by atoms with van der Waals surface area (Å²) in [6, 6.07) is 4.28. The van der Waals surface area contributed by atoms with Crippen LogP contribution in [0.4, 0.5) is 0 Å². The van der Waals surface area contributed by atoms with Crippen LogP contribution in [0.3, 0.4) is 0 Å². The minimum atomic E-state index is 0.111. The highest BCUT2D eigenvalue weighted by molar-refractivity contribution is 5.50. The van der Waals surface area contributed by atoms with Gasteiger partial charge in [0.25, 0.3) is 0 Å². The molecule has 0 bridgehead atoms. The lowest BCUT2D eigenvalue weighted by molar-refractivity contribution is 0.254. The van der Waals surface area contributed by atoms with E-state index >= 15 is 0 Å². The van der Waals surface area contributed by atoms with Gasteiger partial charge in [-0.1, -0.05) is 6.92 Å². The van der Waals surface area contributed by atoms with Crippen molar-refractivity contribution in [1.29, 1.82) is 0 Å². The van der Waals surface area contributed by atoms with Gasteiger partial charge in [-0.2, -0.15) is 0 Å². The maximum absolute atomic E-state index is 5.88. The molecule has 1 aromatic rings. The number of rotatable bonds is 6. The molecule has 19 heavy (non-hydrogen) atoms. The zero-order valence-corrected chi connectivity index (χ0v) is 12.0. The summed E-state index contributed by atoms with van der Waals surface area (Å²) in [6.45, 7) is 5.72. The first-order valence-electron chi connectivity index (χ1n) is 7.00. The summed E-state index contributed by atoms with van der Waals surface area (Å²) in [6.07, 6.45) is 2.27. The zero-order valence-electron chi connectivity index (χ0n) is 12.0. The molecule has 2 unspecified atom stereocenters. The molecule has 0 aromatic heterocycles. The first-order chi connectivity index (χ1) is 9.19. The lowest BCUT2D eigenvalue weighted by Gasteiger charge is -2.20. The first kappa shape index (κ1) is 14.2. The smallest absolute Gasteiger partial charge is 0.124 e. The Morgan fingerprint density at radius 3 is 2.95 bits per heavy atom. The van der Waals surface area contributed by atoms with Crippen LogP contribution < -0.4 is 20.5 Å². The molecule has 1 aliphatic heterocycles. The van der Waals surface area contributed by atoms with Crippen molar-refractivity contribution in [1.82, 2.24) is 5.32 Å². The zero-order chi connectivity index (χ0) is 13.8. The first-order valence-corrected chi connectivity index (χ1v) is 7.00. The van der Waals surface area contributed by atoms with E-state index in [-0.39, 0.29) is 12.1 Å². The summed E-state index contributed by atoms with van der Waals surface area (Å²) in [4.78, 5) is 0. The lowest BCUT2D eigenvalue weighted by atomic mass is 10.0. The molecular weight excluding hydrogens is 240 g/mol. The summed E-state index contributed by atoms with van der Waals surface area (Å²) < 4.78 is 11.3. The number of nitrogens with one attached hydrogen (secondary N) is 1. The fourth-order valence-corrected chi connectivity index (χ4v) is 2.54. The van der Waals surface area contributed by atoms with Crippen molar-refractivity contribution >= 4 is 0 Å². The van der Waals surface area contributed by atoms with Gasteiger partial charge in [-0.3, -0.25) is 0 Å². The van der Waals surface area contributed by atoms with Crippen LogP contribution in [0.2, 0.25) is 0 Å². The highest BCUT2D eigenvalue weighted by Gasteiger charge is 2.24. The Labute approximate surface area is 115 Å². The van der Waals surface area contributed by atoms with Crippen molar-refractivity contribution in [2.24, 2.45) is 5.73 Å². The summed E-state index contributed by atoms with van der Waals surface area (Å²) >= 11 is 0. The third kappa shape index (κ3) is 3.01. The van der Waals surface area contributed by atoms with E-state index in [9.17, 15) is 0 Å². The summed E-state index contributed by atoms with van der Waals surface area (Å²) in [5.74, 6) is 1.87. The standard InChI is InChI=1S/C15H24N2O2/c1-4-5-17-13(9-16)12-8-14-11(6-10(2)19-14)7-15(12)18-3/h7-8,10,13,17H,4-6,9,16H2,1-3H3. The van der Waals surface area contributed by atoms with Crippen molar-refractivity contribution in [3.63, 3.8) is 0 Å². The number of nitrogens with two attached hydrogens (primary N) is 1. The Hall–Kier alpha value is -1.26. The lowest BCUT2D eigenvalue weighted by Crippen LogP contribution is -2.29. The SMILES string of the molecule is CCCNC(CN)c1cc2c(cc1OC)CC(C)O2. The second-order valence-corrected chi connectivity index (χ2v) is 5.08. The summed E-state index contributed by atoms with van der Waals surface area (Å²) in [5.41, 5.74) is 8.19. The average molecular weight is 264 g/mol. The molecule has 0 fully saturated rings. The number of ether oxygens (including phenoxy) is 2. The molecule has 1 aliphatic rings. The van der Waals surface area contributed by atoms with Gasteiger partial charge in [0.1, 0.15) is 17.6 Å². The van der Waals surface area contributed by atoms with Gasteiger partial charge in [-0.25, -0.2) is 0 Å². The highest BCUT2D eigenvalue weighted by Crippen LogP contribution is 2.37. The highest BCUT2D eigenvalue weighted by atomic mass is 16.5. The molecule has 4 nitrogen and oxygen atoms in total. The fraction of sp³-hybridized carbons (Fsp3) is 0.600. The molecule has 0 amide bonds. The van der Waals surface area contributed by atoms with Crippen molar-refractivity contribution < 1.29 is 9.47 Å². The van der Waals surface area contributed by atoms with E-state index < -0.39 is 0 Å². The topological polar surface area (TPSA) is 56.5 Å². The molecule has 0 aliphatic carbocycles. The van der Waals surface area contributed by atoms with Gasteiger partial charge in [0.15, 0.2) is 0 Å². The molecule has 1 aromatic carbocycles. The third-order valence-electron chi connectivity index (χ3n) is 3.50.